The van der Waals surface area contributed by atoms with Crippen LogP contribution in [0.3, 0.4) is 0 Å². The van der Waals surface area contributed by atoms with Gasteiger partial charge in [0, 0.05) is 31.7 Å². The van der Waals surface area contributed by atoms with Gasteiger partial charge in [-0.1, -0.05) is 35.9 Å². The van der Waals surface area contributed by atoms with Crippen molar-refractivity contribution in [2.24, 2.45) is 0 Å². The van der Waals surface area contributed by atoms with Crippen LogP contribution in [0, 0.1) is 5.82 Å². The van der Waals surface area contributed by atoms with E-state index in [1.165, 1.54) is 23.6 Å². The molecule has 9 heteroatoms. The molecule has 0 radical (unpaired) electrons. The topological polar surface area (TPSA) is 65.5 Å². The Morgan fingerprint density at radius 2 is 1.77 bits per heavy atom. The standard InChI is InChI=1S/C22H20ClFN4O2S/c23-16-6-2-4-8-18(16)26-20(29)14-27-9-11-28(12-10-27)22(30)19-13-25-21(31-19)15-5-1-3-7-17(15)24/h1-8,13H,9-12,14H2,(H,26,29). The summed E-state index contributed by atoms with van der Waals surface area (Å²) in [6.45, 7) is 2.41. The minimum Gasteiger partial charge on any atom is -0.335 e. The molecule has 31 heavy (non-hydrogen) atoms. The number of benzene rings is 2. The molecule has 0 unspecified atom stereocenters. The van der Waals surface area contributed by atoms with E-state index in [2.05, 4.69) is 10.3 Å². The molecule has 2 amide bonds. The second-order valence-corrected chi connectivity index (χ2v) is 8.54. The summed E-state index contributed by atoms with van der Waals surface area (Å²) in [5.74, 6) is -0.635. The number of hydrogen-bond acceptors (Lipinski definition) is 5. The first kappa shape index (κ1) is 21.4. The Morgan fingerprint density at radius 3 is 2.52 bits per heavy atom. The highest BCUT2D eigenvalue weighted by Gasteiger charge is 2.25. The number of anilines is 1. The molecule has 0 saturated carbocycles. The summed E-state index contributed by atoms with van der Waals surface area (Å²) in [6, 6.07) is 13.5. The fraction of sp³-hybridized carbons (Fsp3) is 0.227. The van der Waals surface area contributed by atoms with Gasteiger partial charge in [0.1, 0.15) is 15.7 Å². The van der Waals surface area contributed by atoms with Crippen molar-refractivity contribution in [3.63, 3.8) is 0 Å². The van der Waals surface area contributed by atoms with Crippen molar-refractivity contribution in [1.82, 2.24) is 14.8 Å². The van der Waals surface area contributed by atoms with Crippen molar-refractivity contribution >= 4 is 40.4 Å². The molecular formula is C22H20ClFN4O2S. The fourth-order valence-electron chi connectivity index (χ4n) is 3.35. The molecule has 2 heterocycles. The first-order valence-electron chi connectivity index (χ1n) is 9.78. The highest BCUT2D eigenvalue weighted by atomic mass is 35.5. The van der Waals surface area contributed by atoms with Gasteiger partial charge in [0.2, 0.25) is 5.91 Å². The zero-order valence-corrected chi connectivity index (χ0v) is 18.1. The molecule has 2 aromatic carbocycles. The minimum absolute atomic E-state index is 0.125. The SMILES string of the molecule is O=C(CN1CCN(C(=O)c2cnc(-c3ccccc3F)s2)CC1)Nc1ccccc1Cl. The highest BCUT2D eigenvalue weighted by molar-refractivity contribution is 7.16. The molecular weight excluding hydrogens is 439 g/mol. The average molecular weight is 459 g/mol. The molecule has 1 aliphatic rings. The molecule has 1 aliphatic heterocycles. The number of para-hydroxylation sites is 1. The second kappa shape index (κ2) is 9.55. The smallest absolute Gasteiger partial charge is 0.265 e. The quantitative estimate of drug-likeness (QED) is 0.627. The van der Waals surface area contributed by atoms with Gasteiger partial charge in [-0.3, -0.25) is 14.5 Å². The molecule has 3 aromatic rings. The number of thiazole rings is 1. The fourth-order valence-corrected chi connectivity index (χ4v) is 4.45. The summed E-state index contributed by atoms with van der Waals surface area (Å²) in [5.41, 5.74) is 0.972. The number of hydrogen-bond donors (Lipinski definition) is 1. The van der Waals surface area contributed by atoms with Gasteiger partial charge >= 0.3 is 0 Å². The van der Waals surface area contributed by atoms with Crippen LogP contribution in [0.5, 0.6) is 0 Å². The number of aromatic nitrogens is 1. The van der Waals surface area contributed by atoms with E-state index in [4.69, 9.17) is 11.6 Å². The molecule has 6 nitrogen and oxygen atoms in total. The number of piperazine rings is 1. The van der Waals surface area contributed by atoms with E-state index in [1.54, 1.807) is 41.3 Å². The Hall–Kier alpha value is -2.81. The summed E-state index contributed by atoms with van der Waals surface area (Å²) in [6.07, 6.45) is 1.50. The zero-order valence-electron chi connectivity index (χ0n) is 16.6. The van der Waals surface area contributed by atoms with Crippen molar-refractivity contribution in [3.05, 3.63) is 70.4 Å². The summed E-state index contributed by atoms with van der Waals surface area (Å²) in [5, 5.41) is 3.78. The van der Waals surface area contributed by atoms with Crippen molar-refractivity contribution in [1.29, 1.82) is 0 Å². The molecule has 4 rings (SSSR count). The molecule has 1 aromatic heterocycles. The predicted octanol–water partition coefficient (Wildman–Crippen LogP) is 4.00. The normalized spacial score (nSPS) is 14.5. The van der Waals surface area contributed by atoms with Gasteiger partial charge in [0.25, 0.3) is 5.91 Å². The molecule has 0 spiro atoms. The van der Waals surface area contributed by atoms with Gasteiger partial charge < -0.3 is 10.2 Å². The van der Waals surface area contributed by atoms with Gasteiger partial charge in [-0.25, -0.2) is 9.37 Å². The third-order valence-corrected chi connectivity index (χ3v) is 6.34. The molecule has 0 atom stereocenters. The number of nitrogens with one attached hydrogen (secondary N) is 1. The molecule has 1 fully saturated rings. The number of rotatable bonds is 5. The Bertz CT molecular complexity index is 1100. The number of carbonyl (C=O) groups excluding carboxylic acids is 2. The molecule has 0 bridgehead atoms. The molecule has 0 aliphatic carbocycles. The Kier molecular flexibility index (Phi) is 6.60. The van der Waals surface area contributed by atoms with E-state index in [-0.39, 0.29) is 24.2 Å². The van der Waals surface area contributed by atoms with Crippen LogP contribution in [0.1, 0.15) is 9.67 Å². The maximum absolute atomic E-state index is 14.0. The molecule has 1 N–H and O–H groups in total. The van der Waals surface area contributed by atoms with Crippen LogP contribution in [0.4, 0.5) is 10.1 Å². The lowest BCUT2D eigenvalue weighted by Crippen LogP contribution is -2.50. The van der Waals surface area contributed by atoms with Crippen LogP contribution >= 0.6 is 22.9 Å². The van der Waals surface area contributed by atoms with Crippen LogP contribution < -0.4 is 5.32 Å². The van der Waals surface area contributed by atoms with E-state index in [0.717, 1.165) is 0 Å². The monoisotopic (exact) mass is 458 g/mol. The summed E-state index contributed by atoms with van der Waals surface area (Å²) < 4.78 is 14.0. The Morgan fingerprint density at radius 1 is 1.06 bits per heavy atom. The molecule has 1 saturated heterocycles. The lowest BCUT2D eigenvalue weighted by Gasteiger charge is -2.34. The summed E-state index contributed by atoms with van der Waals surface area (Å²) in [7, 11) is 0. The van der Waals surface area contributed by atoms with E-state index in [9.17, 15) is 14.0 Å². The first-order chi connectivity index (χ1) is 15.0. The second-order valence-electron chi connectivity index (χ2n) is 7.11. The van der Waals surface area contributed by atoms with Crippen molar-refractivity contribution in [2.45, 2.75) is 0 Å². The van der Waals surface area contributed by atoms with Gasteiger partial charge in [0.15, 0.2) is 0 Å². The van der Waals surface area contributed by atoms with Gasteiger partial charge in [0.05, 0.1) is 23.5 Å². The molecule has 160 valence electrons. The van der Waals surface area contributed by atoms with Gasteiger partial charge in [-0.15, -0.1) is 11.3 Å². The number of amides is 2. The van der Waals surface area contributed by atoms with Crippen molar-refractivity contribution < 1.29 is 14.0 Å². The van der Waals surface area contributed by atoms with Crippen LogP contribution in [0.15, 0.2) is 54.7 Å². The van der Waals surface area contributed by atoms with E-state index in [0.29, 0.717) is 52.3 Å². The van der Waals surface area contributed by atoms with Crippen molar-refractivity contribution in [2.75, 3.05) is 38.0 Å². The minimum atomic E-state index is -0.362. The summed E-state index contributed by atoms with van der Waals surface area (Å²) in [4.78, 5) is 33.6. The van der Waals surface area contributed by atoms with E-state index < -0.39 is 0 Å². The van der Waals surface area contributed by atoms with E-state index in [1.807, 2.05) is 11.0 Å². The summed E-state index contributed by atoms with van der Waals surface area (Å²) >= 11 is 7.26. The lowest BCUT2D eigenvalue weighted by atomic mass is 10.2. The number of nitrogens with zero attached hydrogens (tertiary/aromatic N) is 3. The Balaban J connectivity index is 1.31. The zero-order chi connectivity index (χ0) is 21.8. The number of halogens is 2. The predicted molar refractivity (Wildman–Crippen MR) is 120 cm³/mol. The highest BCUT2D eigenvalue weighted by Crippen LogP contribution is 2.28. The van der Waals surface area contributed by atoms with Crippen LogP contribution in [-0.2, 0) is 4.79 Å². The average Bonchev–Trinajstić information content (AvgIpc) is 3.26. The van der Waals surface area contributed by atoms with Crippen LogP contribution in [-0.4, -0.2) is 59.3 Å². The third-order valence-electron chi connectivity index (χ3n) is 5.00. The maximum atomic E-state index is 14.0. The lowest BCUT2D eigenvalue weighted by molar-refractivity contribution is -0.117. The Labute approximate surface area is 188 Å². The number of carbonyl (C=O) groups is 2. The van der Waals surface area contributed by atoms with Crippen molar-refractivity contribution in [3.8, 4) is 10.6 Å². The van der Waals surface area contributed by atoms with Crippen LogP contribution in [0.25, 0.3) is 10.6 Å². The van der Waals surface area contributed by atoms with E-state index >= 15 is 0 Å². The largest absolute Gasteiger partial charge is 0.335 e. The van der Waals surface area contributed by atoms with Crippen LogP contribution in [0.2, 0.25) is 5.02 Å². The van der Waals surface area contributed by atoms with Gasteiger partial charge in [-0.2, -0.15) is 0 Å². The third kappa shape index (κ3) is 5.10. The van der Waals surface area contributed by atoms with Gasteiger partial charge in [-0.05, 0) is 24.3 Å². The maximum Gasteiger partial charge on any atom is 0.265 e. The first-order valence-corrected chi connectivity index (χ1v) is 11.0.